The SMILES string of the molecule is CN(C)c1sc(NC(=O)c2cnc(N3CCC(C(=O)O)CC3)c(Cl)c2)nc1-c1cc(Cl)cs1. The quantitative estimate of drug-likeness (QED) is 0.456. The van der Waals surface area contributed by atoms with Gasteiger partial charge in [0.2, 0.25) is 0 Å². The monoisotopic (exact) mass is 525 g/mol. The van der Waals surface area contributed by atoms with E-state index >= 15 is 0 Å². The third-order valence-corrected chi connectivity index (χ3v) is 7.97. The molecule has 2 N–H and O–H groups in total. The molecule has 0 saturated carbocycles. The second-order valence-electron chi connectivity index (χ2n) is 7.78. The Hall–Kier alpha value is -2.40. The molecule has 8 nitrogen and oxygen atoms in total. The van der Waals surface area contributed by atoms with E-state index in [1.807, 2.05) is 35.3 Å². The van der Waals surface area contributed by atoms with Crippen molar-refractivity contribution in [3.05, 3.63) is 39.3 Å². The molecule has 1 amide bonds. The van der Waals surface area contributed by atoms with Crippen molar-refractivity contribution in [1.29, 1.82) is 0 Å². The number of hydrogen-bond donors (Lipinski definition) is 2. The maximum atomic E-state index is 12.8. The minimum Gasteiger partial charge on any atom is -0.481 e. The van der Waals surface area contributed by atoms with Gasteiger partial charge in [0, 0.05) is 38.8 Å². The van der Waals surface area contributed by atoms with E-state index in [0.29, 0.717) is 52.5 Å². The molecule has 1 aliphatic rings. The highest BCUT2D eigenvalue weighted by molar-refractivity contribution is 7.21. The lowest BCUT2D eigenvalue weighted by molar-refractivity contribution is -0.142. The molecule has 3 aromatic rings. The fourth-order valence-corrected chi connectivity index (χ4v) is 5.87. The van der Waals surface area contributed by atoms with Crippen LogP contribution in [0.3, 0.4) is 0 Å². The molecule has 0 spiro atoms. The largest absolute Gasteiger partial charge is 0.481 e. The number of piperidine rings is 1. The maximum absolute atomic E-state index is 12.8. The van der Waals surface area contributed by atoms with Crippen LogP contribution in [-0.4, -0.2) is 54.1 Å². The van der Waals surface area contributed by atoms with E-state index in [9.17, 15) is 9.59 Å². The second-order valence-corrected chi connectivity index (χ2v) is 10.5. The molecule has 33 heavy (non-hydrogen) atoms. The van der Waals surface area contributed by atoms with Gasteiger partial charge in [-0.2, -0.15) is 0 Å². The molecule has 0 unspecified atom stereocenters. The Balaban J connectivity index is 1.49. The summed E-state index contributed by atoms with van der Waals surface area (Å²) in [5.74, 6) is -0.926. The van der Waals surface area contributed by atoms with Crippen molar-refractivity contribution in [2.75, 3.05) is 42.3 Å². The highest BCUT2D eigenvalue weighted by atomic mass is 35.5. The van der Waals surface area contributed by atoms with Gasteiger partial charge in [-0.1, -0.05) is 34.5 Å². The summed E-state index contributed by atoms with van der Waals surface area (Å²) in [4.78, 5) is 37.8. The van der Waals surface area contributed by atoms with Crippen LogP contribution in [0.1, 0.15) is 23.2 Å². The van der Waals surface area contributed by atoms with E-state index in [-0.39, 0.29) is 11.8 Å². The molecule has 0 bridgehead atoms. The number of carboxylic acid groups (broad SMARTS) is 1. The van der Waals surface area contributed by atoms with Crippen molar-refractivity contribution in [2.24, 2.45) is 5.92 Å². The smallest absolute Gasteiger partial charge is 0.306 e. The molecule has 0 aliphatic carbocycles. The lowest BCUT2D eigenvalue weighted by atomic mass is 9.97. The normalized spacial score (nSPS) is 14.4. The minimum absolute atomic E-state index is 0.312. The molecular formula is C21H21Cl2N5O3S2. The molecule has 0 atom stereocenters. The molecule has 0 aromatic carbocycles. The number of carbonyl (C=O) groups excluding carboxylic acids is 1. The summed E-state index contributed by atoms with van der Waals surface area (Å²) >= 11 is 15.4. The van der Waals surface area contributed by atoms with Crippen molar-refractivity contribution in [2.45, 2.75) is 12.8 Å². The summed E-state index contributed by atoms with van der Waals surface area (Å²) in [6, 6.07) is 3.42. The lowest BCUT2D eigenvalue weighted by Gasteiger charge is -2.31. The first-order chi connectivity index (χ1) is 15.7. The number of pyridine rings is 1. The summed E-state index contributed by atoms with van der Waals surface area (Å²) in [5.41, 5.74) is 1.07. The van der Waals surface area contributed by atoms with Gasteiger partial charge in [0.05, 0.1) is 26.4 Å². The molecular weight excluding hydrogens is 505 g/mol. The number of nitrogens with one attached hydrogen (secondary N) is 1. The number of rotatable bonds is 6. The number of carboxylic acids is 1. The predicted molar refractivity (Wildman–Crippen MR) is 135 cm³/mol. The Labute approximate surface area is 208 Å². The van der Waals surface area contributed by atoms with Crippen molar-refractivity contribution in [3.63, 3.8) is 0 Å². The number of thiophene rings is 1. The zero-order valence-electron chi connectivity index (χ0n) is 17.8. The molecule has 12 heteroatoms. The predicted octanol–water partition coefficient (Wildman–Crippen LogP) is 5.19. The highest BCUT2D eigenvalue weighted by Crippen LogP contribution is 2.41. The van der Waals surface area contributed by atoms with Crippen molar-refractivity contribution in [3.8, 4) is 10.6 Å². The minimum atomic E-state index is -0.773. The number of aromatic nitrogens is 2. The number of aliphatic carboxylic acids is 1. The number of anilines is 3. The van der Waals surface area contributed by atoms with Crippen LogP contribution in [0.15, 0.2) is 23.7 Å². The van der Waals surface area contributed by atoms with Crippen LogP contribution >= 0.6 is 45.9 Å². The van der Waals surface area contributed by atoms with Crippen LogP contribution in [-0.2, 0) is 4.79 Å². The average molecular weight is 526 g/mol. The van der Waals surface area contributed by atoms with Crippen LogP contribution in [0.2, 0.25) is 10.0 Å². The molecule has 1 aliphatic heterocycles. The number of nitrogens with zero attached hydrogens (tertiary/aromatic N) is 4. The third-order valence-electron chi connectivity index (χ3n) is 5.26. The van der Waals surface area contributed by atoms with E-state index in [2.05, 4.69) is 15.3 Å². The van der Waals surface area contributed by atoms with Crippen LogP contribution < -0.4 is 15.1 Å². The molecule has 3 aromatic heterocycles. The van der Waals surface area contributed by atoms with Crippen LogP contribution in [0, 0.1) is 5.92 Å². The molecule has 4 rings (SSSR count). The zero-order valence-corrected chi connectivity index (χ0v) is 21.0. The number of carbonyl (C=O) groups is 2. The topological polar surface area (TPSA) is 98.7 Å². The Morgan fingerprint density at radius 3 is 2.55 bits per heavy atom. The standard InChI is InChI=1S/C21H21Cl2N5O3S2/c1-27(2)19-16(15-8-13(22)10-32-15)25-21(33-19)26-18(29)12-7-14(23)17(24-9-12)28-5-3-11(4-6-28)20(30)31/h7-11H,3-6H2,1-2H3,(H,30,31)(H,25,26,29). The Kier molecular flexibility index (Phi) is 7.08. The molecule has 1 saturated heterocycles. The fraction of sp³-hybridized carbons (Fsp3) is 0.333. The Bertz CT molecular complexity index is 1190. The van der Waals surface area contributed by atoms with E-state index in [0.717, 1.165) is 15.6 Å². The van der Waals surface area contributed by atoms with Gasteiger partial charge in [-0.15, -0.1) is 11.3 Å². The van der Waals surface area contributed by atoms with Gasteiger partial charge in [0.1, 0.15) is 16.5 Å². The van der Waals surface area contributed by atoms with E-state index in [1.54, 1.807) is 6.07 Å². The second kappa shape index (κ2) is 9.84. The van der Waals surface area contributed by atoms with Crippen LogP contribution in [0.4, 0.5) is 16.0 Å². The average Bonchev–Trinajstić information content (AvgIpc) is 3.40. The Morgan fingerprint density at radius 1 is 1.24 bits per heavy atom. The first-order valence-corrected chi connectivity index (χ1v) is 12.6. The van der Waals surface area contributed by atoms with E-state index in [4.69, 9.17) is 28.3 Å². The van der Waals surface area contributed by atoms with Crippen molar-refractivity contribution >= 4 is 73.7 Å². The van der Waals surface area contributed by atoms with E-state index in [1.165, 1.54) is 28.9 Å². The maximum Gasteiger partial charge on any atom is 0.306 e. The molecule has 0 radical (unpaired) electrons. The van der Waals surface area contributed by atoms with Gasteiger partial charge in [0.25, 0.3) is 5.91 Å². The number of halogens is 2. The lowest BCUT2D eigenvalue weighted by Crippen LogP contribution is -2.37. The van der Waals surface area contributed by atoms with E-state index < -0.39 is 5.97 Å². The first-order valence-electron chi connectivity index (χ1n) is 10.1. The molecule has 4 heterocycles. The van der Waals surface area contributed by atoms with Crippen molar-refractivity contribution < 1.29 is 14.7 Å². The summed E-state index contributed by atoms with van der Waals surface area (Å²) in [5, 5.41) is 16.2. The number of amides is 1. The van der Waals surface area contributed by atoms with Gasteiger partial charge in [-0.25, -0.2) is 9.97 Å². The first kappa shape index (κ1) is 23.7. The van der Waals surface area contributed by atoms with Gasteiger partial charge in [-0.3, -0.25) is 14.9 Å². The van der Waals surface area contributed by atoms with Gasteiger partial charge < -0.3 is 14.9 Å². The van der Waals surface area contributed by atoms with Gasteiger partial charge >= 0.3 is 5.97 Å². The summed E-state index contributed by atoms with van der Waals surface area (Å²) in [6.45, 7) is 1.11. The van der Waals surface area contributed by atoms with Gasteiger partial charge in [0.15, 0.2) is 5.13 Å². The highest BCUT2D eigenvalue weighted by Gasteiger charge is 2.26. The molecule has 1 fully saturated rings. The third kappa shape index (κ3) is 5.24. The number of thiazole rings is 1. The van der Waals surface area contributed by atoms with Crippen LogP contribution in [0.5, 0.6) is 0 Å². The van der Waals surface area contributed by atoms with Crippen molar-refractivity contribution in [1.82, 2.24) is 9.97 Å². The number of hydrogen-bond acceptors (Lipinski definition) is 8. The zero-order chi connectivity index (χ0) is 23.7. The Morgan fingerprint density at radius 2 is 1.97 bits per heavy atom. The van der Waals surface area contributed by atoms with Gasteiger partial charge in [-0.05, 0) is 25.0 Å². The van der Waals surface area contributed by atoms with Crippen LogP contribution in [0.25, 0.3) is 10.6 Å². The summed E-state index contributed by atoms with van der Waals surface area (Å²) in [6.07, 6.45) is 2.54. The summed E-state index contributed by atoms with van der Waals surface area (Å²) < 4.78 is 0. The fourth-order valence-electron chi connectivity index (χ4n) is 3.56. The molecule has 174 valence electrons. The summed E-state index contributed by atoms with van der Waals surface area (Å²) in [7, 11) is 3.83.